The van der Waals surface area contributed by atoms with E-state index in [4.69, 9.17) is 44.7 Å². The van der Waals surface area contributed by atoms with Crippen LogP contribution in [0, 0.1) is 0 Å². The molecule has 1 N–H and O–H groups in total. The van der Waals surface area contributed by atoms with Crippen LogP contribution in [0.5, 0.6) is 0 Å². The van der Waals surface area contributed by atoms with Crippen molar-refractivity contribution in [2.45, 2.75) is 11.2 Å². The molecule has 0 aliphatic heterocycles. The molecule has 7 heteroatoms. The van der Waals surface area contributed by atoms with Crippen molar-refractivity contribution in [3.8, 4) is 0 Å². The van der Waals surface area contributed by atoms with Gasteiger partial charge in [0, 0.05) is 0 Å². The van der Waals surface area contributed by atoms with Crippen LogP contribution in [0.3, 0.4) is 0 Å². The monoisotopic (exact) mass is 238 g/mol. The van der Waals surface area contributed by atoms with Crippen LogP contribution < -0.4 is 0 Å². The van der Waals surface area contributed by atoms with Gasteiger partial charge in [-0.3, -0.25) is 9.59 Å². The minimum atomic E-state index is -0.750. The number of hydrogen-bond acceptors (Lipinski definition) is 3. The summed E-state index contributed by atoms with van der Waals surface area (Å²) in [6, 6.07) is 0. The fraction of sp³-hybridized carbons (Fsp3) is 0.600. The van der Waals surface area contributed by atoms with E-state index in [1.807, 2.05) is 0 Å². The van der Waals surface area contributed by atoms with E-state index in [1.165, 1.54) is 0 Å². The number of carboxylic acid groups (broad SMARTS) is 1. The maximum absolute atomic E-state index is 9.18. The van der Waals surface area contributed by atoms with Crippen LogP contribution >= 0.6 is 34.8 Å². The Bertz CT molecular complexity index is 86.0. The van der Waals surface area contributed by atoms with Crippen LogP contribution in [0.2, 0.25) is 0 Å². The Hall–Kier alpha value is -0.190. The summed E-state index contributed by atoms with van der Waals surface area (Å²) in [5.74, 6) is 0. The lowest BCUT2D eigenvalue weighted by molar-refractivity contribution is -0.128. The van der Waals surface area contributed by atoms with Gasteiger partial charge in [-0.1, -0.05) is 34.8 Å². The summed E-state index contributed by atoms with van der Waals surface area (Å²) in [4.78, 5) is 17.5. The summed E-state index contributed by atoms with van der Waals surface area (Å²) in [6.07, 6.45) is 0. The quantitative estimate of drug-likeness (QED) is 0.590. The highest BCUT2D eigenvalue weighted by Gasteiger charge is 1.78. The molecule has 0 aromatic heterocycles. The van der Waals surface area contributed by atoms with Crippen LogP contribution in [0.1, 0.15) is 6.92 Å². The summed E-state index contributed by atoms with van der Waals surface area (Å²) in [6.45, 7) is 2.41. The molecule has 0 unspecified atom stereocenters. The van der Waals surface area contributed by atoms with E-state index < -0.39 is 4.30 Å². The van der Waals surface area contributed by atoms with Crippen molar-refractivity contribution < 1.29 is 19.4 Å². The van der Waals surface area contributed by atoms with Crippen molar-refractivity contribution in [3.63, 3.8) is 0 Å². The highest BCUT2D eigenvalue weighted by molar-refractivity contribution is 6.63. The maximum atomic E-state index is 9.18. The predicted octanol–water partition coefficient (Wildman–Crippen LogP) is 1.87. The molecule has 0 atom stereocenters. The van der Waals surface area contributed by atoms with Gasteiger partial charge >= 0.3 is 0 Å². The molecule has 0 aromatic rings. The molecule has 12 heavy (non-hydrogen) atoms. The van der Waals surface area contributed by atoms with Gasteiger partial charge in [-0.05, 0) is 6.92 Å². The molecular formula is C5H9Cl3O4. The van der Waals surface area contributed by atoms with Gasteiger partial charge in [0.25, 0.3) is 12.9 Å². The molecule has 0 saturated heterocycles. The van der Waals surface area contributed by atoms with Crippen molar-refractivity contribution in [1.29, 1.82) is 0 Å². The lowest BCUT2D eigenvalue weighted by atomic mass is 10.9. The zero-order chi connectivity index (χ0) is 10.4. The van der Waals surface area contributed by atoms with Crippen molar-refractivity contribution in [3.05, 3.63) is 0 Å². The minimum absolute atomic E-state index is 0.250. The van der Waals surface area contributed by atoms with Gasteiger partial charge in [-0.15, -0.1) is 0 Å². The Kier molecular flexibility index (Phi) is 33.2. The highest BCUT2D eigenvalue weighted by Crippen LogP contribution is 2.03. The van der Waals surface area contributed by atoms with Crippen LogP contribution in [0.25, 0.3) is 0 Å². The summed E-state index contributed by atoms with van der Waals surface area (Å²) in [7, 11) is 0. The molecule has 0 spiro atoms. The van der Waals surface area contributed by atoms with E-state index in [0.717, 1.165) is 0 Å². The number of halogens is 3. The molecule has 0 rings (SSSR count). The van der Waals surface area contributed by atoms with Crippen LogP contribution in [0.4, 0.5) is 0 Å². The SMILES string of the molecule is CCOC=O.ClC(Cl)Cl.O=CO. The molecule has 0 bridgehead atoms. The normalized spacial score (nSPS) is 6.75. The number of alkyl halides is 3. The third-order valence-electron chi connectivity index (χ3n) is 0.235. The van der Waals surface area contributed by atoms with Crippen molar-refractivity contribution in [2.24, 2.45) is 0 Å². The molecule has 0 aliphatic rings. The third-order valence-corrected chi connectivity index (χ3v) is 0.235. The fourth-order valence-corrected chi connectivity index (χ4v) is 0.0680. The van der Waals surface area contributed by atoms with Gasteiger partial charge < -0.3 is 9.84 Å². The van der Waals surface area contributed by atoms with Crippen LogP contribution in [0.15, 0.2) is 0 Å². The van der Waals surface area contributed by atoms with Gasteiger partial charge in [0.05, 0.1) is 6.61 Å². The summed E-state index contributed by atoms with van der Waals surface area (Å²) < 4.78 is 3.40. The second-order valence-electron chi connectivity index (χ2n) is 0.904. The molecular weight excluding hydrogens is 230 g/mol. The van der Waals surface area contributed by atoms with E-state index in [-0.39, 0.29) is 6.47 Å². The van der Waals surface area contributed by atoms with Gasteiger partial charge in [-0.25, -0.2) is 0 Å². The van der Waals surface area contributed by atoms with Gasteiger partial charge in [0.1, 0.15) is 0 Å². The summed E-state index contributed by atoms with van der Waals surface area (Å²) in [5.41, 5.74) is 0. The number of carbonyl (C=O) groups is 2. The molecule has 0 aliphatic carbocycles. The average Bonchev–Trinajstić information content (AvgIpc) is 1.89. The Morgan fingerprint density at radius 2 is 1.67 bits per heavy atom. The standard InChI is InChI=1S/C3H6O2.CHCl3.CH2O2/c1-2-5-3-4;2-1(3)4;2-1-3/h3H,2H2,1H3;1H;1H,(H,2,3). The number of ether oxygens (including phenoxy) is 1. The van der Waals surface area contributed by atoms with Gasteiger partial charge in [0.2, 0.25) is 0 Å². The fourth-order valence-electron chi connectivity index (χ4n) is 0.0680. The molecule has 0 radical (unpaired) electrons. The lowest BCUT2D eigenvalue weighted by Gasteiger charge is -1.79. The second-order valence-corrected chi connectivity index (χ2v) is 2.88. The van der Waals surface area contributed by atoms with Crippen LogP contribution in [-0.2, 0) is 14.3 Å². The third kappa shape index (κ3) is 232. The maximum Gasteiger partial charge on any atom is 0.293 e. The molecule has 0 amide bonds. The van der Waals surface area contributed by atoms with E-state index >= 15 is 0 Å². The largest absolute Gasteiger partial charge is 0.483 e. The zero-order valence-corrected chi connectivity index (χ0v) is 8.51. The molecule has 0 heterocycles. The highest BCUT2D eigenvalue weighted by atomic mass is 35.6. The average molecular weight is 239 g/mol. The first-order valence-corrected chi connectivity index (χ1v) is 3.93. The second kappa shape index (κ2) is 22.4. The molecule has 74 valence electrons. The van der Waals surface area contributed by atoms with E-state index in [0.29, 0.717) is 13.1 Å². The first-order valence-electron chi connectivity index (χ1n) is 2.62. The zero-order valence-electron chi connectivity index (χ0n) is 6.25. The predicted molar refractivity (Wildman–Crippen MR) is 47.7 cm³/mol. The lowest BCUT2D eigenvalue weighted by Crippen LogP contribution is -1.80. The number of hydrogen-bond donors (Lipinski definition) is 1. The first kappa shape index (κ1) is 17.8. The van der Waals surface area contributed by atoms with Crippen molar-refractivity contribution in [2.75, 3.05) is 6.61 Å². The number of carbonyl (C=O) groups excluding carboxylic acids is 1. The topological polar surface area (TPSA) is 63.6 Å². The van der Waals surface area contributed by atoms with Crippen molar-refractivity contribution >= 4 is 47.7 Å². The van der Waals surface area contributed by atoms with Gasteiger partial charge in [0.15, 0.2) is 4.30 Å². The molecule has 4 nitrogen and oxygen atoms in total. The van der Waals surface area contributed by atoms with Crippen LogP contribution in [-0.4, -0.2) is 29.0 Å². The molecule has 0 aromatic carbocycles. The minimum Gasteiger partial charge on any atom is -0.483 e. The molecule has 0 saturated carbocycles. The Morgan fingerprint density at radius 3 is 1.67 bits per heavy atom. The van der Waals surface area contributed by atoms with E-state index in [2.05, 4.69) is 4.74 Å². The Labute approximate surface area is 85.4 Å². The van der Waals surface area contributed by atoms with Crippen molar-refractivity contribution in [1.82, 2.24) is 0 Å². The van der Waals surface area contributed by atoms with Gasteiger partial charge in [-0.2, -0.15) is 0 Å². The Morgan fingerprint density at radius 1 is 1.42 bits per heavy atom. The summed E-state index contributed by atoms with van der Waals surface area (Å²) in [5, 5.41) is 6.89. The summed E-state index contributed by atoms with van der Waals surface area (Å²) >= 11 is 14.4. The first-order chi connectivity index (χ1) is 5.56. The number of rotatable bonds is 2. The smallest absolute Gasteiger partial charge is 0.293 e. The van der Waals surface area contributed by atoms with E-state index in [9.17, 15) is 4.79 Å². The van der Waals surface area contributed by atoms with E-state index in [1.54, 1.807) is 6.92 Å². The Balaban J connectivity index is -0.000000105. The molecule has 0 fully saturated rings.